The van der Waals surface area contributed by atoms with Gasteiger partial charge in [0, 0.05) is 10.6 Å². The number of amides is 1. The molecular formula is C15H16ClNO4. The Balaban J connectivity index is 1.74. The molecule has 1 aromatic rings. The van der Waals surface area contributed by atoms with Crippen molar-refractivity contribution in [3.8, 4) is 5.75 Å². The van der Waals surface area contributed by atoms with Crippen LogP contribution in [-0.4, -0.2) is 23.6 Å². The molecular weight excluding hydrogens is 294 g/mol. The van der Waals surface area contributed by atoms with Crippen LogP contribution >= 0.6 is 11.6 Å². The van der Waals surface area contributed by atoms with Crippen molar-refractivity contribution < 1.29 is 19.4 Å². The molecule has 5 nitrogen and oxygen atoms in total. The Bertz CT molecular complexity index is 589. The molecule has 2 N–H and O–H groups in total. The van der Waals surface area contributed by atoms with E-state index >= 15 is 0 Å². The number of hydrogen-bond donors (Lipinski definition) is 2. The van der Waals surface area contributed by atoms with Crippen LogP contribution in [0.3, 0.4) is 0 Å². The van der Waals surface area contributed by atoms with Gasteiger partial charge >= 0.3 is 5.97 Å². The van der Waals surface area contributed by atoms with E-state index in [1.54, 1.807) is 12.1 Å². The van der Waals surface area contributed by atoms with Crippen LogP contribution in [0.4, 0.5) is 0 Å². The largest absolute Gasteiger partial charge is 0.493 e. The Labute approximate surface area is 127 Å². The van der Waals surface area contributed by atoms with Crippen LogP contribution < -0.4 is 10.1 Å². The van der Waals surface area contributed by atoms with Crippen molar-refractivity contribution >= 4 is 23.5 Å². The number of hydrogen-bond acceptors (Lipinski definition) is 3. The lowest BCUT2D eigenvalue weighted by molar-refractivity contribution is -0.140. The lowest BCUT2D eigenvalue weighted by Crippen LogP contribution is -2.30. The molecule has 1 aliphatic carbocycles. The fourth-order valence-electron chi connectivity index (χ4n) is 2.73. The molecule has 1 aliphatic heterocycles. The van der Waals surface area contributed by atoms with E-state index in [9.17, 15) is 9.59 Å². The summed E-state index contributed by atoms with van der Waals surface area (Å²) in [7, 11) is 0. The van der Waals surface area contributed by atoms with E-state index in [0.717, 1.165) is 18.4 Å². The molecule has 0 saturated heterocycles. The van der Waals surface area contributed by atoms with Crippen molar-refractivity contribution in [2.75, 3.05) is 6.61 Å². The second-order valence-corrected chi connectivity index (χ2v) is 5.96. The third kappa shape index (κ3) is 2.97. The van der Waals surface area contributed by atoms with Gasteiger partial charge in [-0.3, -0.25) is 9.59 Å². The topological polar surface area (TPSA) is 75.6 Å². The number of aliphatic carboxylic acids is 1. The van der Waals surface area contributed by atoms with Gasteiger partial charge in [0.25, 0.3) is 0 Å². The number of halogens is 1. The fourth-order valence-corrected chi connectivity index (χ4v) is 2.89. The number of benzene rings is 1. The van der Waals surface area contributed by atoms with Crippen molar-refractivity contribution in [1.29, 1.82) is 0 Å². The van der Waals surface area contributed by atoms with Crippen molar-refractivity contribution in [2.45, 2.75) is 25.3 Å². The van der Waals surface area contributed by atoms with Crippen LogP contribution in [0.1, 0.15) is 30.9 Å². The van der Waals surface area contributed by atoms with Gasteiger partial charge in [-0.1, -0.05) is 17.7 Å². The van der Waals surface area contributed by atoms with Gasteiger partial charge in [-0.15, -0.1) is 0 Å². The van der Waals surface area contributed by atoms with Crippen molar-refractivity contribution in [3.05, 3.63) is 28.8 Å². The molecule has 21 heavy (non-hydrogen) atoms. The van der Waals surface area contributed by atoms with E-state index in [1.807, 2.05) is 6.07 Å². The first-order valence-corrected chi connectivity index (χ1v) is 7.39. The van der Waals surface area contributed by atoms with E-state index in [4.69, 9.17) is 21.4 Å². The SMILES string of the molecule is O=C(O)C1CC1C(=O)NC1CCCOc2cc(Cl)ccc21. The molecule has 1 heterocycles. The average molecular weight is 310 g/mol. The minimum absolute atomic E-state index is 0.151. The summed E-state index contributed by atoms with van der Waals surface area (Å²) in [5, 5.41) is 12.4. The summed E-state index contributed by atoms with van der Waals surface area (Å²) in [6, 6.07) is 5.22. The molecule has 112 valence electrons. The molecule has 0 spiro atoms. The molecule has 1 amide bonds. The highest BCUT2D eigenvalue weighted by molar-refractivity contribution is 6.30. The van der Waals surface area contributed by atoms with Crippen LogP contribution in [0, 0.1) is 11.8 Å². The van der Waals surface area contributed by atoms with E-state index in [1.165, 1.54) is 0 Å². The highest BCUT2D eigenvalue weighted by Gasteiger charge is 2.48. The molecule has 0 radical (unpaired) electrons. The molecule has 2 aliphatic rings. The van der Waals surface area contributed by atoms with Crippen LogP contribution in [0.5, 0.6) is 5.75 Å². The summed E-state index contributed by atoms with van der Waals surface area (Å²) in [5.41, 5.74) is 0.901. The second-order valence-electron chi connectivity index (χ2n) is 5.52. The van der Waals surface area contributed by atoms with Crippen molar-refractivity contribution in [2.24, 2.45) is 11.8 Å². The van der Waals surface area contributed by atoms with Gasteiger partial charge in [0.15, 0.2) is 0 Å². The Morgan fingerprint density at radius 1 is 1.33 bits per heavy atom. The standard InChI is InChI=1S/C15H16ClNO4/c16-8-3-4-9-12(2-1-5-21-13(9)6-8)17-14(18)10-7-11(10)15(19)20/h3-4,6,10-12H,1-2,5,7H2,(H,17,18)(H,19,20). The average Bonchev–Trinajstić information content (AvgIpc) is 3.23. The zero-order valence-electron chi connectivity index (χ0n) is 11.3. The van der Waals surface area contributed by atoms with Gasteiger partial charge in [0.1, 0.15) is 5.75 Å². The normalized spacial score (nSPS) is 27.0. The zero-order valence-corrected chi connectivity index (χ0v) is 12.1. The van der Waals surface area contributed by atoms with Crippen LogP contribution in [0.2, 0.25) is 5.02 Å². The van der Waals surface area contributed by atoms with Crippen LogP contribution in [0.15, 0.2) is 18.2 Å². The van der Waals surface area contributed by atoms with Crippen LogP contribution in [-0.2, 0) is 9.59 Å². The quantitative estimate of drug-likeness (QED) is 0.899. The minimum Gasteiger partial charge on any atom is -0.493 e. The Hall–Kier alpha value is -1.75. The van der Waals surface area contributed by atoms with Gasteiger partial charge in [-0.05, 0) is 31.4 Å². The number of carboxylic acid groups (broad SMARTS) is 1. The first kappa shape index (κ1) is 14.2. The lowest BCUT2D eigenvalue weighted by atomic mass is 10.0. The predicted octanol–water partition coefficient (Wildman–Crippen LogP) is 2.39. The van der Waals surface area contributed by atoms with E-state index in [0.29, 0.717) is 23.8 Å². The van der Waals surface area contributed by atoms with Gasteiger partial charge in [-0.2, -0.15) is 0 Å². The number of ether oxygens (including phenoxy) is 1. The number of carboxylic acids is 1. The molecule has 3 rings (SSSR count). The first-order valence-electron chi connectivity index (χ1n) is 7.01. The summed E-state index contributed by atoms with van der Waals surface area (Å²) < 4.78 is 5.65. The molecule has 1 saturated carbocycles. The Morgan fingerprint density at radius 2 is 2.14 bits per heavy atom. The zero-order chi connectivity index (χ0) is 15.0. The third-order valence-corrected chi connectivity index (χ3v) is 4.24. The van der Waals surface area contributed by atoms with Gasteiger partial charge in [0.05, 0.1) is 24.5 Å². The highest BCUT2D eigenvalue weighted by atomic mass is 35.5. The summed E-state index contributed by atoms with van der Waals surface area (Å²) in [5.74, 6) is -1.32. The number of fused-ring (bicyclic) bond motifs is 1. The Kier molecular flexibility index (Phi) is 3.76. The maximum absolute atomic E-state index is 12.1. The summed E-state index contributed by atoms with van der Waals surface area (Å²) in [6.07, 6.45) is 2.02. The maximum atomic E-state index is 12.1. The smallest absolute Gasteiger partial charge is 0.307 e. The van der Waals surface area contributed by atoms with Crippen LogP contribution in [0.25, 0.3) is 0 Å². The van der Waals surface area contributed by atoms with Gasteiger partial charge in [0.2, 0.25) is 5.91 Å². The Morgan fingerprint density at radius 3 is 2.86 bits per heavy atom. The molecule has 3 unspecified atom stereocenters. The molecule has 6 heteroatoms. The summed E-state index contributed by atoms with van der Waals surface area (Å²) in [4.78, 5) is 23.0. The molecule has 0 aromatic heterocycles. The maximum Gasteiger partial charge on any atom is 0.307 e. The molecule has 0 bridgehead atoms. The predicted molar refractivity (Wildman–Crippen MR) is 76.3 cm³/mol. The number of nitrogens with one attached hydrogen (secondary N) is 1. The molecule has 1 fully saturated rings. The van der Waals surface area contributed by atoms with E-state index in [-0.39, 0.29) is 11.9 Å². The van der Waals surface area contributed by atoms with E-state index < -0.39 is 17.8 Å². The summed E-state index contributed by atoms with van der Waals surface area (Å²) in [6.45, 7) is 0.584. The van der Waals surface area contributed by atoms with Crippen molar-refractivity contribution in [1.82, 2.24) is 5.32 Å². The number of carbonyl (C=O) groups excluding carboxylic acids is 1. The number of rotatable bonds is 3. The second kappa shape index (κ2) is 5.56. The molecule has 1 aromatic carbocycles. The number of carbonyl (C=O) groups is 2. The van der Waals surface area contributed by atoms with Gasteiger partial charge < -0.3 is 15.2 Å². The fraction of sp³-hybridized carbons (Fsp3) is 0.467. The summed E-state index contributed by atoms with van der Waals surface area (Å²) >= 11 is 5.97. The molecule has 3 atom stereocenters. The first-order chi connectivity index (χ1) is 10.1. The monoisotopic (exact) mass is 309 g/mol. The third-order valence-electron chi connectivity index (χ3n) is 4.01. The minimum atomic E-state index is -0.897. The van der Waals surface area contributed by atoms with Crippen molar-refractivity contribution in [3.63, 3.8) is 0 Å². The highest BCUT2D eigenvalue weighted by Crippen LogP contribution is 2.40. The van der Waals surface area contributed by atoms with Gasteiger partial charge in [-0.25, -0.2) is 0 Å². The lowest BCUT2D eigenvalue weighted by Gasteiger charge is -2.18. The van der Waals surface area contributed by atoms with E-state index in [2.05, 4.69) is 5.32 Å².